The molecular formula is C26H26ClN3O2S. The molecule has 2 amide bonds. The lowest BCUT2D eigenvalue weighted by atomic mass is 10.0. The molecule has 7 heteroatoms. The number of nitrogens with one attached hydrogen (secondary N) is 1. The number of hydrogen-bond donors (Lipinski definition) is 1. The third kappa shape index (κ3) is 6.36. The number of halogens is 1. The SMILES string of the molecule is O=C(CSC(c1ccccc1)c1ccc(Cl)cc1)NC1CCN(C(=O)c2ccncc2)CC1. The van der Waals surface area contributed by atoms with Gasteiger partial charge in [-0.25, -0.2) is 0 Å². The number of nitrogens with zero attached hydrogens (tertiary/aromatic N) is 2. The minimum atomic E-state index is 0.0198. The molecule has 2 heterocycles. The first-order valence-corrected chi connectivity index (χ1v) is 12.4. The molecule has 1 aliphatic heterocycles. The fourth-order valence-electron chi connectivity index (χ4n) is 3.98. The number of benzene rings is 2. The van der Waals surface area contributed by atoms with Crippen LogP contribution in [-0.4, -0.2) is 46.6 Å². The van der Waals surface area contributed by atoms with Crippen LogP contribution in [0.3, 0.4) is 0 Å². The zero-order chi connectivity index (χ0) is 23.0. The van der Waals surface area contributed by atoms with Crippen LogP contribution in [0.5, 0.6) is 0 Å². The average Bonchev–Trinajstić information content (AvgIpc) is 2.86. The molecule has 4 rings (SSSR count). The van der Waals surface area contributed by atoms with Gasteiger partial charge in [0.1, 0.15) is 0 Å². The van der Waals surface area contributed by atoms with Crippen LogP contribution in [0, 0.1) is 0 Å². The van der Waals surface area contributed by atoms with Crippen LogP contribution < -0.4 is 5.32 Å². The van der Waals surface area contributed by atoms with E-state index in [0.29, 0.717) is 29.4 Å². The van der Waals surface area contributed by atoms with E-state index in [2.05, 4.69) is 22.4 Å². The zero-order valence-corrected chi connectivity index (χ0v) is 19.8. The van der Waals surface area contributed by atoms with Gasteiger partial charge in [-0.05, 0) is 48.2 Å². The monoisotopic (exact) mass is 479 g/mol. The molecule has 0 bridgehead atoms. The molecule has 0 aliphatic carbocycles. The minimum absolute atomic E-state index is 0.0198. The fraction of sp³-hybridized carbons (Fsp3) is 0.269. The molecule has 2 aromatic carbocycles. The van der Waals surface area contributed by atoms with Crippen LogP contribution in [0.1, 0.15) is 39.6 Å². The molecule has 1 aliphatic rings. The molecule has 1 atom stereocenters. The van der Waals surface area contributed by atoms with Crippen molar-refractivity contribution < 1.29 is 9.59 Å². The van der Waals surface area contributed by atoms with E-state index in [1.54, 1.807) is 36.3 Å². The highest BCUT2D eigenvalue weighted by atomic mass is 35.5. The Kier molecular flexibility index (Phi) is 8.02. The van der Waals surface area contributed by atoms with E-state index in [1.165, 1.54) is 0 Å². The molecule has 0 radical (unpaired) electrons. The van der Waals surface area contributed by atoms with E-state index in [9.17, 15) is 9.59 Å². The van der Waals surface area contributed by atoms with Gasteiger partial charge in [-0.1, -0.05) is 54.1 Å². The molecule has 1 saturated heterocycles. The number of thioether (sulfide) groups is 1. The third-order valence-corrected chi connectivity index (χ3v) is 7.29. The maximum Gasteiger partial charge on any atom is 0.253 e. The van der Waals surface area contributed by atoms with Gasteiger partial charge in [0.25, 0.3) is 5.91 Å². The van der Waals surface area contributed by atoms with Gasteiger partial charge >= 0.3 is 0 Å². The summed E-state index contributed by atoms with van der Waals surface area (Å²) in [4.78, 5) is 31.1. The molecule has 1 unspecified atom stereocenters. The predicted molar refractivity (Wildman–Crippen MR) is 134 cm³/mol. The lowest BCUT2D eigenvalue weighted by Crippen LogP contribution is -2.47. The topological polar surface area (TPSA) is 62.3 Å². The molecule has 1 N–H and O–H groups in total. The maximum absolute atomic E-state index is 12.7. The number of piperidine rings is 1. The Bertz CT molecular complexity index is 1060. The van der Waals surface area contributed by atoms with Crippen molar-refractivity contribution in [2.45, 2.75) is 24.1 Å². The van der Waals surface area contributed by atoms with Gasteiger partial charge in [-0.2, -0.15) is 0 Å². The minimum Gasteiger partial charge on any atom is -0.353 e. The van der Waals surface area contributed by atoms with Crippen molar-refractivity contribution in [2.24, 2.45) is 0 Å². The summed E-state index contributed by atoms with van der Waals surface area (Å²) in [5.74, 6) is 0.401. The van der Waals surface area contributed by atoms with Crippen molar-refractivity contribution in [3.05, 3.63) is 101 Å². The highest BCUT2D eigenvalue weighted by molar-refractivity contribution is 8.00. The second kappa shape index (κ2) is 11.3. The van der Waals surface area contributed by atoms with Crippen molar-refractivity contribution in [3.63, 3.8) is 0 Å². The Hall–Kier alpha value is -2.83. The summed E-state index contributed by atoms with van der Waals surface area (Å²) in [6, 6.07) is 21.5. The van der Waals surface area contributed by atoms with Crippen LogP contribution in [0.15, 0.2) is 79.1 Å². The van der Waals surface area contributed by atoms with Crippen molar-refractivity contribution in [2.75, 3.05) is 18.8 Å². The van der Waals surface area contributed by atoms with Gasteiger partial charge in [0, 0.05) is 42.1 Å². The van der Waals surface area contributed by atoms with Crippen molar-refractivity contribution >= 4 is 35.2 Å². The van der Waals surface area contributed by atoms with Crippen LogP contribution in [-0.2, 0) is 4.79 Å². The number of hydrogen-bond acceptors (Lipinski definition) is 4. The highest BCUT2D eigenvalue weighted by Crippen LogP contribution is 2.36. The average molecular weight is 480 g/mol. The lowest BCUT2D eigenvalue weighted by Gasteiger charge is -2.32. The first-order valence-electron chi connectivity index (χ1n) is 11.0. The number of aromatic nitrogens is 1. The second-order valence-electron chi connectivity index (χ2n) is 8.02. The quantitative estimate of drug-likeness (QED) is 0.519. The van der Waals surface area contributed by atoms with Gasteiger partial charge in [0.05, 0.1) is 11.0 Å². The summed E-state index contributed by atoms with van der Waals surface area (Å²) in [5.41, 5.74) is 2.92. The van der Waals surface area contributed by atoms with Crippen LogP contribution in [0.4, 0.5) is 0 Å². The van der Waals surface area contributed by atoms with E-state index in [0.717, 1.165) is 24.0 Å². The number of carbonyl (C=O) groups is 2. The fourth-order valence-corrected chi connectivity index (χ4v) is 5.21. The summed E-state index contributed by atoms with van der Waals surface area (Å²) in [6.45, 7) is 1.27. The summed E-state index contributed by atoms with van der Waals surface area (Å²) >= 11 is 7.67. The number of rotatable bonds is 7. The van der Waals surface area contributed by atoms with Crippen molar-refractivity contribution in [1.29, 1.82) is 0 Å². The van der Waals surface area contributed by atoms with Crippen LogP contribution >= 0.6 is 23.4 Å². The Morgan fingerprint density at radius 3 is 2.27 bits per heavy atom. The lowest BCUT2D eigenvalue weighted by molar-refractivity contribution is -0.119. The molecular weight excluding hydrogens is 454 g/mol. The van der Waals surface area contributed by atoms with E-state index in [1.807, 2.05) is 47.4 Å². The summed E-state index contributed by atoms with van der Waals surface area (Å²) in [6.07, 6.45) is 4.77. The van der Waals surface area contributed by atoms with E-state index in [-0.39, 0.29) is 23.1 Å². The molecule has 33 heavy (non-hydrogen) atoms. The van der Waals surface area contributed by atoms with Gasteiger partial charge in [-0.15, -0.1) is 11.8 Å². The highest BCUT2D eigenvalue weighted by Gasteiger charge is 2.25. The Balaban J connectivity index is 1.30. The smallest absolute Gasteiger partial charge is 0.253 e. The summed E-state index contributed by atoms with van der Waals surface area (Å²) < 4.78 is 0. The molecule has 1 aromatic heterocycles. The van der Waals surface area contributed by atoms with Crippen LogP contribution in [0.25, 0.3) is 0 Å². The largest absolute Gasteiger partial charge is 0.353 e. The normalized spacial score (nSPS) is 15.1. The molecule has 0 saturated carbocycles. The molecule has 1 fully saturated rings. The number of amides is 2. The van der Waals surface area contributed by atoms with Gasteiger partial charge < -0.3 is 10.2 Å². The van der Waals surface area contributed by atoms with E-state index in [4.69, 9.17) is 11.6 Å². The van der Waals surface area contributed by atoms with Gasteiger partial charge in [-0.3, -0.25) is 14.6 Å². The van der Waals surface area contributed by atoms with Crippen LogP contribution in [0.2, 0.25) is 5.02 Å². The molecule has 0 spiro atoms. The zero-order valence-electron chi connectivity index (χ0n) is 18.2. The Morgan fingerprint density at radius 2 is 1.61 bits per heavy atom. The summed E-state index contributed by atoms with van der Waals surface area (Å²) in [7, 11) is 0. The molecule has 5 nitrogen and oxygen atoms in total. The van der Waals surface area contributed by atoms with Gasteiger partial charge in [0.2, 0.25) is 5.91 Å². The second-order valence-corrected chi connectivity index (χ2v) is 9.55. The third-order valence-electron chi connectivity index (χ3n) is 5.73. The van der Waals surface area contributed by atoms with E-state index >= 15 is 0 Å². The van der Waals surface area contributed by atoms with E-state index < -0.39 is 0 Å². The van der Waals surface area contributed by atoms with Gasteiger partial charge in [0.15, 0.2) is 0 Å². The predicted octanol–water partition coefficient (Wildman–Crippen LogP) is 4.98. The number of carbonyl (C=O) groups excluding carboxylic acids is 2. The standard InChI is InChI=1S/C26H26ClN3O2S/c27-22-8-6-20(7-9-22)25(19-4-2-1-3-5-19)33-18-24(31)29-23-12-16-30(17-13-23)26(32)21-10-14-28-15-11-21/h1-11,14-15,23,25H,12-13,16-18H2,(H,29,31). The Labute approximate surface area is 203 Å². The van der Waals surface area contributed by atoms with Crippen molar-refractivity contribution in [3.8, 4) is 0 Å². The molecule has 3 aromatic rings. The molecule has 170 valence electrons. The van der Waals surface area contributed by atoms with Crippen molar-refractivity contribution in [1.82, 2.24) is 15.2 Å². The number of pyridine rings is 1. The first kappa shape index (κ1) is 23.3. The Morgan fingerprint density at radius 1 is 0.970 bits per heavy atom. The maximum atomic E-state index is 12.7. The number of likely N-dealkylation sites (tertiary alicyclic amines) is 1. The first-order chi connectivity index (χ1) is 16.1. The summed E-state index contributed by atoms with van der Waals surface area (Å²) in [5, 5.41) is 3.90.